The van der Waals surface area contributed by atoms with Crippen LogP contribution in [0.5, 0.6) is 0 Å². The van der Waals surface area contributed by atoms with E-state index in [4.69, 9.17) is 0 Å². The van der Waals surface area contributed by atoms with Crippen molar-refractivity contribution in [2.75, 3.05) is 0 Å². The van der Waals surface area contributed by atoms with E-state index in [1.807, 2.05) is 0 Å². The summed E-state index contributed by atoms with van der Waals surface area (Å²) in [6.07, 6.45) is 4.84. The van der Waals surface area contributed by atoms with Crippen molar-refractivity contribution in [2.45, 2.75) is 61.3 Å². The maximum absolute atomic E-state index is 2.37. The Morgan fingerprint density at radius 2 is 1.46 bits per heavy atom. The molecule has 0 saturated heterocycles. The Balaban J connectivity index is 4.12. The Bertz CT molecular complexity index is 173. The molecule has 78 valence electrons. The van der Waals surface area contributed by atoms with E-state index in [-0.39, 0.29) is 0 Å². The van der Waals surface area contributed by atoms with E-state index >= 15 is 0 Å². The van der Waals surface area contributed by atoms with Crippen molar-refractivity contribution in [3.05, 3.63) is 11.6 Å². The van der Waals surface area contributed by atoms with Crippen LogP contribution in [0.4, 0.5) is 0 Å². The molecule has 0 heteroatoms. The highest BCUT2D eigenvalue weighted by molar-refractivity contribution is 4.94. The monoisotopic (exact) mass is 182 g/mol. The molecule has 0 spiro atoms. The van der Waals surface area contributed by atoms with Crippen molar-refractivity contribution >= 4 is 0 Å². The standard InChI is InChI=1S/C13H26/c1-11(2)9-8-10-13(6,7)12(3,4)5/h9H,8,10H2,1-7H3. The van der Waals surface area contributed by atoms with Crippen LogP contribution < -0.4 is 0 Å². The Labute approximate surface area is 84.4 Å². The summed E-state index contributed by atoms with van der Waals surface area (Å²) in [6.45, 7) is 16.1. The highest BCUT2D eigenvalue weighted by Crippen LogP contribution is 2.41. The summed E-state index contributed by atoms with van der Waals surface area (Å²) in [4.78, 5) is 0. The minimum atomic E-state index is 0.405. The summed E-state index contributed by atoms with van der Waals surface area (Å²) in [5, 5.41) is 0. The number of hydrogen-bond acceptors (Lipinski definition) is 0. The largest absolute Gasteiger partial charge is 0.0859 e. The molecule has 0 fully saturated rings. The first kappa shape index (κ1) is 12.7. The minimum absolute atomic E-state index is 0.405. The fourth-order valence-electron chi connectivity index (χ4n) is 1.10. The SMILES string of the molecule is CC(C)=CCCC(C)(C)C(C)(C)C. The third-order valence-electron chi connectivity index (χ3n) is 3.35. The van der Waals surface area contributed by atoms with Crippen molar-refractivity contribution in [1.29, 1.82) is 0 Å². The first-order chi connectivity index (χ1) is 5.67. The predicted octanol–water partition coefficient (Wildman–Crippen LogP) is 4.81. The molecule has 0 aliphatic rings. The summed E-state index contributed by atoms with van der Waals surface area (Å²) in [5.41, 5.74) is 2.27. The Hall–Kier alpha value is -0.260. The van der Waals surface area contributed by atoms with Gasteiger partial charge in [0.05, 0.1) is 0 Å². The van der Waals surface area contributed by atoms with Gasteiger partial charge in [-0.15, -0.1) is 0 Å². The van der Waals surface area contributed by atoms with Crippen molar-refractivity contribution in [2.24, 2.45) is 10.8 Å². The van der Waals surface area contributed by atoms with Gasteiger partial charge in [-0.3, -0.25) is 0 Å². The molecule has 0 rings (SSSR count). The zero-order valence-electron chi connectivity index (χ0n) is 10.5. The van der Waals surface area contributed by atoms with Crippen LogP contribution in [0.2, 0.25) is 0 Å². The van der Waals surface area contributed by atoms with Crippen molar-refractivity contribution < 1.29 is 0 Å². The van der Waals surface area contributed by atoms with Gasteiger partial charge in [0, 0.05) is 0 Å². The summed E-state index contributed by atoms with van der Waals surface area (Å²) < 4.78 is 0. The second-order valence-electron chi connectivity index (χ2n) is 5.95. The molecular weight excluding hydrogens is 156 g/mol. The lowest BCUT2D eigenvalue weighted by atomic mass is 9.67. The highest BCUT2D eigenvalue weighted by atomic mass is 14.4. The summed E-state index contributed by atoms with van der Waals surface area (Å²) in [5.74, 6) is 0. The van der Waals surface area contributed by atoms with Gasteiger partial charge >= 0.3 is 0 Å². The van der Waals surface area contributed by atoms with Crippen molar-refractivity contribution in [3.63, 3.8) is 0 Å². The normalized spacial score (nSPS) is 12.8. The van der Waals surface area contributed by atoms with E-state index in [2.05, 4.69) is 54.5 Å². The molecular formula is C13H26. The average molecular weight is 182 g/mol. The molecule has 0 aromatic carbocycles. The lowest BCUT2D eigenvalue weighted by molar-refractivity contribution is 0.121. The minimum Gasteiger partial charge on any atom is -0.0859 e. The molecule has 0 N–H and O–H groups in total. The second-order valence-corrected chi connectivity index (χ2v) is 5.95. The van der Waals surface area contributed by atoms with E-state index < -0.39 is 0 Å². The molecule has 0 saturated carbocycles. The van der Waals surface area contributed by atoms with E-state index in [1.54, 1.807) is 0 Å². The van der Waals surface area contributed by atoms with Gasteiger partial charge in [0.25, 0.3) is 0 Å². The summed E-state index contributed by atoms with van der Waals surface area (Å²) in [6, 6.07) is 0. The van der Waals surface area contributed by atoms with Crippen LogP contribution in [0.15, 0.2) is 11.6 Å². The molecule has 0 aliphatic carbocycles. The van der Waals surface area contributed by atoms with Gasteiger partial charge in [-0.25, -0.2) is 0 Å². The fraction of sp³-hybridized carbons (Fsp3) is 0.846. The van der Waals surface area contributed by atoms with Gasteiger partial charge in [-0.2, -0.15) is 0 Å². The van der Waals surface area contributed by atoms with Crippen LogP contribution >= 0.6 is 0 Å². The fourth-order valence-corrected chi connectivity index (χ4v) is 1.10. The van der Waals surface area contributed by atoms with E-state index in [1.165, 1.54) is 18.4 Å². The van der Waals surface area contributed by atoms with Crippen LogP contribution in [-0.2, 0) is 0 Å². The Morgan fingerprint density at radius 3 is 1.77 bits per heavy atom. The lowest BCUT2D eigenvalue weighted by Gasteiger charge is -2.38. The number of hydrogen-bond donors (Lipinski definition) is 0. The van der Waals surface area contributed by atoms with Gasteiger partial charge in [0.2, 0.25) is 0 Å². The van der Waals surface area contributed by atoms with Crippen LogP contribution in [0.3, 0.4) is 0 Å². The molecule has 0 radical (unpaired) electrons. The maximum Gasteiger partial charge on any atom is -0.0303 e. The number of allylic oxidation sites excluding steroid dienone is 2. The van der Waals surface area contributed by atoms with Gasteiger partial charge < -0.3 is 0 Å². The quantitative estimate of drug-likeness (QED) is 0.550. The first-order valence-corrected chi connectivity index (χ1v) is 5.30. The van der Waals surface area contributed by atoms with E-state index in [0.29, 0.717) is 10.8 Å². The van der Waals surface area contributed by atoms with Gasteiger partial charge in [0.15, 0.2) is 0 Å². The van der Waals surface area contributed by atoms with E-state index in [0.717, 1.165) is 0 Å². The third kappa shape index (κ3) is 4.50. The second kappa shape index (κ2) is 4.30. The Morgan fingerprint density at radius 1 is 1.00 bits per heavy atom. The topological polar surface area (TPSA) is 0 Å². The zero-order valence-corrected chi connectivity index (χ0v) is 10.5. The van der Waals surface area contributed by atoms with Crippen LogP contribution in [0, 0.1) is 10.8 Å². The van der Waals surface area contributed by atoms with Crippen LogP contribution in [-0.4, -0.2) is 0 Å². The van der Waals surface area contributed by atoms with Gasteiger partial charge in [-0.05, 0) is 37.5 Å². The third-order valence-corrected chi connectivity index (χ3v) is 3.35. The first-order valence-electron chi connectivity index (χ1n) is 5.30. The molecule has 0 aromatic heterocycles. The smallest absolute Gasteiger partial charge is 0.0303 e. The molecule has 0 aliphatic heterocycles. The average Bonchev–Trinajstić information content (AvgIpc) is 1.82. The Kier molecular flexibility index (Phi) is 4.22. The van der Waals surface area contributed by atoms with Crippen molar-refractivity contribution in [3.8, 4) is 0 Å². The maximum atomic E-state index is 2.37. The van der Waals surface area contributed by atoms with Gasteiger partial charge in [-0.1, -0.05) is 46.3 Å². The zero-order chi connectivity index (χ0) is 10.7. The molecule has 0 unspecified atom stereocenters. The lowest BCUT2D eigenvalue weighted by Crippen LogP contribution is -2.29. The highest BCUT2D eigenvalue weighted by Gasteiger charge is 2.31. The molecule has 13 heavy (non-hydrogen) atoms. The van der Waals surface area contributed by atoms with Crippen LogP contribution in [0.25, 0.3) is 0 Å². The molecule has 0 heterocycles. The predicted molar refractivity (Wildman–Crippen MR) is 61.9 cm³/mol. The summed E-state index contributed by atoms with van der Waals surface area (Å²) >= 11 is 0. The number of rotatable bonds is 3. The molecule has 0 bridgehead atoms. The molecule has 0 nitrogen and oxygen atoms in total. The van der Waals surface area contributed by atoms with Gasteiger partial charge in [0.1, 0.15) is 0 Å². The van der Waals surface area contributed by atoms with Crippen molar-refractivity contribution in [1.82, 2.24) is 0 Å². The molecule has 0 amide bonds. The molecule has 0 aromatic rings. The molecule has 0 atom stereocenters. The summed E-state index contributed by atoms with van der Waals surface area (Å²) in [7, 11) is 0. The van der Waals surface area contributed by atoms with E-state index in [9.17, 15) is 0 Å². The van der Waals surface area contributed by atoms with Crippen LogP contribution in [0.1, 0.15) is 61.3 Å².